The van der Waals surface area contributed by atoms with Gasteiger partial charge >= 0.3 is 0 Å². The average Bonchev–Trinajstić information content (AvgIpc) is 3.39. The molecule has 2 aliphatic heterocycles. The highest BCUT2D eigenvalue weighted by Crippen LogP contribution is 2.44. The monoisotopic (exact) mass is 379 g/mol. The molecule has 2 atom stereocenters. The Morgan fingerprint density at radius 2 is 2.00 bits per heavy atom. The number of furan rings is 1. The Balaban J connectivity index is 1.61. The van der Waals surface area contributed by atoms with Gasteiger partial charge in [0.05, 0.1) is 11.7 Å². The molecule has 7 heteroatoms. The van der Waals surface area contributed by atoms with Gasteiger partial charge in [-0.05, 0) is 55.5 Å². The van der Waals surface area contributed by atoms with E-state index in [0.29, 0.717) is 10.9 Å². The van der Waals surface area contributed by atoms with Crippen LogP contribution in [-0.4, -0.2) is 16.9 Å². The third-order valence-corrected chi connectivity index (χ3v) is 5.10. The largest absolute Gasteiger partial charge is 0.464 e. The van der Waals surface area contributed by atoms with Crippen molar-refractivity contribution in [2.24, 2.45) is 0 Å². The molecule has 2 aliphatic rings. The highest BCUT2D eigenvalue weighted by Gasteiger charge is 2.42. The van der Waals surface area contributed by atoms with Crippen LogP contribution >= 0.6 is 12.2 Å². The van der Waals surface area contributed by atoms with Crippen molar-refractivity contribution in [3.8, 4) is 11.5 Å². The third-order valence-electron chi connectivity index (χ3n) is 4.79. The number of nitrogens with zero attached hydrogens (tertiary/aromatic N) is 2. The standard InChI is InChI=1S/C20H17N3O3S/c1-12-5-7-16(26-12)19-18(14-4-2-3-9-21-14)22-20(27)23(19)13-6-8-15-17(10-13)25-11-24-15/h2-10,18-19H,11H2,1H3,(H,22,27). The number of hydrogen-bond acceptors (Lipinski definition) is 5. The van der Waals surface area contributed by atoms with E-state index in [4.69, 9.17) is 26.1 Å². The lowest BCUT2D eigenvalue weighted by Gasteiger charge is -2.26. The van der Waals surface area contributed by atoms with Gasteiger partial charge in [-0.3, -0.25) is 4.98 Å². The maximum absolute atomic E-state index is 5.99. The highest BCUT2D eigenvalue weighted by atomic mass is 32.1. The van der Waals surface area contributed by atoms with Gasteiger partial charge in [0.2, 0.25) is 6.79 Å². The number of thiocarbonyl (C=S) groups is 1. The molecule has 1 N–H and O–H groups in total. The molecule has 0 bridgehead atoms. The van der Waals surface area contributed by atoms with E-state index in [1.807, 2.05) is 55.5 Å². The quantitative estimate of drug-likeness (QED) is 0.693. The molecule has 4 heterocycles. The Morgan fingerprint density at radius 3 is 2.78 bits per heavy atom. The number of pyridine rings is 1. The molecule has 27 heavy (non-hydrogen) atoms. The minimum absolute atomic E-state index is 0.130. The molecular weight excluding hydrogens is 362 g/mol. The molecule has 2 aromatic heterocycles. The van der Waals surface area contributed by atoms with Gasteiger partial charge in [0.1, 0.15) is 17.6 Å². The van der Waals surface area contributed by atoms with Crippen molar-refractivity contribution >= 4 is 23.0 Å². The molecule has 1 saturated heterocycles. The Bertz CT molecular complexity index is 1000. The first-order valence-electron chi connectivity index (χ1n) is 8.67. The van der Waals surface area contributed by atoms with Crippen LogP contribution < -0.4 is 19.7 Å². The average molecular weight is 379 g/mol. The van der Waals surface area contributed by atoms with Gasteiger partial charge in [0, 0.05) is 18.0 Å². The van der Waals surface area contributed by atoms with E-state index in [1.54, 1.807) is 6.20 Å². The van der Waals surface area contributed by atoms with Crippen molar-refractivity contribution in [2.75, 3.05) is 11.7 Å². The fraction of sp³-hybridized carbons (Fsp3) is 0.200. The minimum atomic E-state index is -0.165. The van der Waals surface area contributed by atoms with Crippen molar-refractivity contribution in [3.05, 3.63) is 71.9 Å². The second kappa shape index (κ2) is 6.28. The summed E-state index contributed by atoms with van der Waals surface area (Å²) < 4.78 is 17.0. The summed E-state index contributed by atoms with van der Waals surface area (Å²) in [5, 5.41) is 4.02. The van der Waals surface area contributed by atoms with Crippen LogP contribution in [-0.2, 0) is 0 Å². The molecule has 136 valence electrons. The molecule has 6 nitrogen and oxygen atoms in total. The van der Waals surface area contributed by atoms with Crippen molar-refractivity contribution in [1.82, 2.24) is 10.3 Å². The molecule has 5 rings (SSSR count). The second-order valence-corrected chi connectivity index (χ2v) is 6.87. The zero-order chi connectivity index (χ0) is 18.4. The van der Waals surface area contributed by atoms with E-state index in [-0.39, 0.29) is 18.9 Å². The Kier molecular flexibility index (Phi) is 3.75. The molecular formula is C20H17N3O3S. The number of aromatic nitrogens is 1. The summed E-state index contributed by atoms with van der Waals surface area (Å²) in [7, 11) is 0. The summed E-state index contributed by atoms with van der Waals surface area (Å²) in [6, 6.07) is 15.3. The summed E-state index contributed by atoms with van der Waals surface area (Å²) in [4.78, 5) is 6.58. The molecule has 0 amide bonds. The van der Waals surface area contributed by atoms with Crippen LogP contribution in [0.5, 0.6) is 11.5 Å². The molecule has 0 aliphatic carbocycles. The van der Waals surface area contributed by atoms with Crippen LogP contribution in [0.2, 0.25) is 0 Å². The zero-order valence-corrected chi connectivity index (χ0v) is 15.4. The van der Waals surface area contributed by atoms with Crippen LogP contribution in [0.3, 0.4) is 0 Å². The number of fused-ring (bicyclic) bond motifs is 1. The molecule has 1 aromatic carbocycles. The van der Waals surface area contributed by atoms with Gasteiger partial charge in [-0.15, -0.1) is 0 Å². The molecule has 0 radical (unpaired) electrons. The Hall–Kier alpha value is -3.06. The summed E-state index contributed by atoms with van der Waals surface area (Å²) in [5.74, 6) is 3.14. The van der Waals surface area contributed by atoms with Crippen LogP contribution in [0.4, 0.5) is 5.69 Å². The molecule has 1 fully saturated rings. The van der Waals surface area contributed by atoms with Gasteiger partial charge in [0.25, 0.3) is 0 Å². The van der Waals surface area contributed by atoms with Gasteiger partial charge in [-0.1, -0.05) is 6.07 Å². The molecule has 0 spiro atoms. The van der Waals surface area contributed by atoms with E-state index in [0.717, 1.165) is 28.7 Å². The second-order valence-electron chi connectivity index (χ2n) is 6.48. The lowest BCUT2D eigenvalue weighted by molar-refractivity contribution is 0.174. The van der Waals surface area contributed by atoms with Gasteiger partial charge in [0.15, 0.2) is 16.6 Å². The first-order valence-corrected chi connectivity index (χ1v) is 9.08. The van der Waals surface area contributed by atoms with Crippen molar-refractivity contribution in [1.29, 1.82) is 0 Å². The van der Waals surface area contributed by atoms with Gasteiger partial charge in [-0.25, -0.2) is 0 Å². The number of ether oxygens (including phenoxy) is 2. The van der Waals surface area contributed by atoms with Crippen LogP contribution in [0, 0.1) is 6.92 Å². The normalized spacial score (nSPS) is 20.8. The van der Waals surface area contributed by atoms with Crippen molar-refractivity contribution in [3.63, 3.8) is 0 Å². The number of hydrogen-bond donors (Lipinski definition) is 1. The molecule has 3 aromatic rings. The number of anilines is 1. The maximum atomic E-state index is 5.99. The van der Waals surface area contributed by atoms with E-state index < -0.39 is 0 Å². The van der Waals surface area contributed by atoms with Gasteiger partial charge in [-0.2, -0.15) is 0 Å². The summed E-state index contributed by atoms with van der Waals surface area (Å²) >= 11 is 5.68. The summed E-state index contributed by atoms with van der Waals surface area (Å²) in [5.41, 5.74) is 1.82. The van der Waals surface area contributed by atoms with Crippen molar-refractivity contribution < 1.29 is 13.9 Å². The minimum Gasteiger partial charge on any atom is -0.464 e. The third kappa shape index (κ3) is 2.71. The lowest BCUT2D eigenvalue weighted by Crippen LogP contribution is -2.29. The summed E-state index contributed by atoms with van der Waals surface area (Å²) in [6.07, 6.45) is 1.79. The lowest BCUT2D eigenvalue weighted by atomic mass is 10.0. The SMILES string of the molecule is Cc1ccc(C2C(c3ccccn3)NC(=S)N2c2ccc3c(c2)OCO3)o1. The van der Waals surface area contributed by atoms with Gasteiger partial charge < -0.3 is 24.1 Å². The number of benzene rings is 1. The Morgan fingerprint density at radius 1 is 1.11 bits per heavy atom. The van der Waals surface area contributed by atoms with Crippen LogP contribution in [0.25, 0.3) is 0 Å². The maximum Gasteiger partial charge on any atom is 0.231 e. The van der Waals surface area contributed by atoms with Crippen molar-refractivity contribution in [2.45, 2.75) is 19.0 Å². The first-order chi connectivity index (χ1) is 13.2. The predicted octanol–water partition coefficient (Wildman–Crippen LogP) is 3.89. The fourth-order valence-corrected chi connectivity index (χ4v) is 3.92. The van der Waals surface area contributed by atoms with E-state index in [2.05, 4.69) is 15.2 Å². The van der Waals surface area contributed by atoms with E-state index >= 15 is 0 Å². The summed E-state index contributed by atoms with van der Waals surface area (Å²) in [6.45, 7) is 2.17. The Labute approximate surface area is 161 Å². The number of nitrogens with one attached hydrogen (secondary N) is 1. The molecule has 2 unspecified atom stereocenters. The van der Waals surface area contributed by atoms with E-state index in [1.165, 1.54) is 0 Å². The first kappa shape index (κ1) is 16.1. The van der Waals surface area contributed by atoms with E-state index in [9.17, 15) is 0 Å². The number of rotatable bonds is 3. The van der Waals surface area contributed by atoms with Crippen LogP contribution in [0.15, 0.2) is 59.1 Å². The van der Waals surface area contributed by atoms with Crippen LogP contribution in [0.1, 0.15) is 29.3 Å². The zero-order valence-electron chi connectivity index (χ0n) is 14.6. The molecule has 0 saturated carbocycles. The fourth-order valence-electron chi connectivity index (χ4n) is 3.57. The topological polar surface area (TPSA) is 59.8 Å². The smallest absolute Gasteiger partial charge is 0.231 e. The number of aryl methyl sites for hydroxylation is 1. The highest BCUT2D eigenvalue weighted by molar-refractivity contribution is 7.80. The predicted molar refractivity (Wildman–Crippen MR) is 104 cm³/mol.